The number of hydroxylamine groups is 2. The van der Waals surface area contributed by atoms with E-state index in [0.29, 0.717) is 12.0 Å². The van der Waals surface area contributed by atoms with Crippen molar-refractivity contribution in [1.82, 2.24) is 5.06 Å². The van der Waals surface area contributed by atoms with Crippen molar-refractivity contribution in [3.8, 4) is 0 Å². The Hall–Kier alpha value is -0.0800. The normalized spacial score (nSPS) is 30.3. The molecule has 1 saturated heterocycles. The number of rotatable bonds is 0. The van der Waals surface area contributed by atoms with E-state index in [1.807, 2.05) is 13.8 Å². The maximum absolute atomic E-state index is 11.3. The van der Waals surface area contributed by atoms with Crippen molar-refractivity contribution in [2.24, 2.45) is 5.41 Å². The average molecular weight is 156 g/mol. The fourth-order valence-corrected chi connectivity index (χ4v) is 2.05. The predicted molar refractivity (Wildman–Crippen MR) is 44.5 cm³/mol. The lowest BCUT2D eigenvalue weighted by molar-refractivity contribution is -0.244. The third-order valence-corrected chi connectivity index (χ3v) is 2.58. The Morgan fingerprint density at radius 3 is 2.09 bits per heavy atom. The highest BCUT2D eigenvalue weighted by Crippen LogP contribution is 2.38. The summed E-state index contributed by atoms with van der Waals surface area (Å²) in [5.41, 5.74) is 0.201. The number of hydrogen-bond donors (Lipinski definition) is 0. The molecule has 0 aliphatic carbocycles. The van der Waals surface area contributed by atoms with E-state index in [2.05, 4.69) is 13.8 Å². The monoisotopic (exact) mass is 156 g/mol. The van der Waals surface area contributed by atoms with E-state index in [1.54, 1.807) is 0 Å². The molecule has 2 nitrogen and oxygen atoms in total. The molecule has 1 rings (SSSR count). The van der Waals surface area contributed by atoms with Crippen molar-refractivity contribution < 1.29 is 5.21 Å². The van der Waals surface area contributed by atoms with Gasteiger partial charge in [-0.25, -0.2) is 0 Å². The number of nitrogens with zero attached hydrogens (tertiary/aromatic N) is 1. The van der Waals surface area contributed by atoms with Gasteiger partial charge in [-0.15, -0.1) is 10.3 Å². The molecule has 1 radical (unpaired) electrons. The van der Waals surface area contributed by atoms with Crippen LogP contribution < -0.4 is 0 Å². The van der Waals surface area contributed by atoms with Crippen LogP contribution in [0.3, 0.4) is 0 Å². The Kier molecular flexibility index (Phi) is 2.01. The molecular formula is C9H18NO. The van der Waals surface area contributed by atoms with Crippen LogP contribution in [0.4, 0.5) is 0 Å². The van der Waals surface area contributed by atoms with Gasteiger partial charge in [0, 0.05) is 12.1 Å². The lowest BCUT2D eigenvalue weighted by Gasteiger charge is -2.44. The van der Waals surface area contributed by atoms with Gasteiger partial charge in [-0.1, -0.05) is 13.8 Å². The highest BCUT2D eigenvalue weighted by Gasteiger charge is 2.38. The van der Waals surface area contributed by atoms with Gasteiger partial charge < -0.3 is 0 Å². The summed E-state index contributed by atoms with van der Waals surface area (Å²) in [7, 11) is 0. The van der Waals surface area contributed by atoms with Gasteiger partial charge >= 0.3 is 0 Å². The van der Waals surface area contributed by atoms with Crippen molar-refractivity contribution in [3.05, 3.63) is 0 Å². The lowest BCUT2D eigenvalue weighted by Crippen LogP contribution is -2.49. The summed E-state index contributed by atoms with van der Waals surface area (Å²) in [6.45, 7) is 9.23. The average Bonchev–Trinajstić information content (AvgIpc) is 1.77. The molecule has 0 saturated carbocycles. The largest absolute Gasteiger partial charge is 0.149 e. The van der Waals surface area contributed by atoms with Gasteiger partial charge in [-0.05, 0) is 32.1 Å². The summed E-state index contributed by atoms with van der Waals surface area (Å²) in [6.07, 6.45) is 2.03. The van der Waals surface area contributed by atoms with E-state index in [4.69, 9.17) is 0 Å². The standard InChI is InChI=1S/C9H18NO/c1-8(2)5-6-10(11)9(3,4)7-8/h5-7H2,1-4H3. The van der Waals surface area contributed by atoms with E-state index in [1.165, 1.54) is 5.06 Å². The van der Waals surface area contributed by atoms with Crippen LogP contribution in [-0.2, 0) is 5.21 Å². The molecule has 1 aliphatic rings. The van der Waals surface area contributed by atoms with Crippen molar-refractivity contribution >= 4 is 0 Å². The molecule has 0 unspecified atom stereocenters. The fourth-order valence-electron chi connectivity index (χ4n) is 2.05. The maximum Gasteiger partial charge on any atom is 0.0442 e. The van der Waals surface area contributed by atoms with Crippen molar-refractivity contribution in [2.75, 3.05) is 6.54 Å². The molecule has 0 atom stereocenters. The van der Waals surface area contributed by atoms with E-state index in [9.17, 15) is 5.21 Å². The Morgan fingerprint density at radius 1 is 1.18 bits per heavy atom. The molecule has 65 valence electrons. The van der Waals surface area contributed by atoms with Crippen LogP contribution in [0.2, 0.25) is 0 Å². The van der Waals surface area contributed by atoms with Gasteiger partial charge in [0.2, 0.25) is 0 Å². The second-order valence-corrected chi connectivity index (χ2v) is 5.01. The summed E-state index contributed by atoms with van der Waals surface area (Å²) in [4.78, 5) is 0. The number of piperidine rings is 1. The molecule has 0 aromatic carbocycles. The van der Waals surface area contributed by atoms with Gasteiger partial charge in [0.15, 0.2) is 0 Å². The quantitative estimate of drug-likeness (QED) is 0.527. The summed E-state index contributed by atoms with van der Waals surface area (Å²) in [5, 5.41) is 12.5. The molecule has 0 spiro atoms. The first-order chi connectivity index (χ1) is 4.83. The van der Waals surface area contributed by atoms with Gasteiger partial charge in [-0.3, -0.25) is 0 Å². The lowest BCUT2D eigenvalue weighted by atomic mass is 9.74. The zero-order valence-corrected chi connectivity index (χ0v) is 7.98. The summed E-state index contributed by atoms with van der Waals surface area (Å²) in [6, 6.07) is 0. The molecule has 2 heteroatoms. The first kappa shape index (κ1) is 9.01. The van der Waals surface area contributed by atoms with E-state index in [-0.39, 0.29) is 5.54 Å². The molecule has 1 heterocycles. The first-order valence-corrected chi connectivity index (χ1v) is 4.28. The molecule has 11 heavy (non-hydrogen) atoms. The molecule has 0 bridgehead atoms. The van der Waals surface area contributed by atoms with Crippen LogP contribution in [0.1, 0.15) is 40.5 Å². The SMILES string of the molecule is CC1(C)CCN([O])C(C)(C)C1. The Labute approximate surface area is 69.2 Å². The summed E-state index contributed by atoms with van der Waals surface area (Å²) in [5.74, 6) is 0. The minimum Gasteiger partial charge on any atom is -0.149 e. The van der Waals surface area contributed by atoms with Gasteiger partial charge in [-0.2, -0.15) is 0 Å². The third-order valence-electron chi connectivity index (χ3n) is 2.58. The van der Waals surface area contributed by atoms with Gasteiger partial charge in [0.05, 0.1) is 0 Å². The predicted octanol–water partition coefficient (Wildman–Crippen LogP) is 2.23. The van der Waals surface area contributed by atoms with Crippen molar-refractivity contribution in [2.45, 2.75) is 46.1 Å². The van der Waals surface area contributed by atoms with E-state index < -0.39 is 0 Å². The third kappa shape index (κ3) is 1.94. The molecule has 1 aliphatic heterocycles. The van der Waals surface area contributed by atoms with Crippen LogP contribution >= 0.6 is 0 Å². The molecule has 0 N–H and O–H groups in total. The van der Waals surface area contributed by atoms with Crippen LogP contribution in [0.25, 0.3) is 0 Å². The fraction of sp³-hybridized carbons (Fsp3) is 1.00. The number of hydrogen-bond acceptors (Lipinski definition) is 1. The molecular weight excluding hydrogens is 138 g/mol. The Morgan fingerprint density at radius 2 is 1.73 bits per heavy atom. The van der Waals surface area contributed by atoms with Crippen molar-refractivity contribution in [3.63, 3.8) is 0 Å². The summed E-state index contributed by atoms with van der Waals surface area (Å²) >= 11 is 0. The van der Waals surface area contributed by atoms with Crippen molar-refractivity contribution in [1.29, 1.82) is 0 Å². The molecule has 0 aromatic rings. The Balaban J connectivity index is 2.67. The second-order valence-electron chi connectivity index (χ2n) is 5.01. The smallest absolute Gasteiger partial charge is 0.0442 e. The molecule has 0 aromatic heterocycles. The van der Waals surface area contributed by atoms with Crippen LogP contribution in [0.15, 0.2) is 0 Å². The van der Waals surface area contributed by atoms with Gasteiger partial charge in [0.1, 0.15) is 0 Å². The zero-order chi connectivity index (χ0) is 8.70. The highest BCUT2D eigenvalue weighted by atomic mass is 16.5. The maximum atomic E-state index is 11.3. The van der Waals surface area contributed by atoms with Crippen LogP contribution in [0, 0.1) is 5.41 Å². The topological polar surface area (TPSA) is 23.1 Å². The molecule has 0 amide bonds. The van der Waals surface area contributed by atoms with Gasteiger partial charge in [0.25, 0.3) is 0 Å². The second kappa shape index (κ2) is 2.46. The van der Waals surface area contributed by atoms with E-state index >= 15 is 0 Å². The highest BCUT2D eigenvalue weighted by molar-refractivity contribution is 4.89. The minimum absolute atomic E-state index is 0.151. The van der Waals surface area contributed by atoms with E-state index in [0.717, 1.165) is 12.8 Å². The van der Waals surface area contributed by atoms with Crippen LogP contribution in [0.5, 0.6) is 0 Å². The zero-order valence-electron chi connectivity index (χ0n) is 7.98. The summed E-state index contributed by atoms with van der Waals surface area (Å²) < 4.78 is 0. The Bertz CT molecular complexity index is 152. The van der Waals surface area contributed by atoms with Crippen LogP contribution in [-0.4, -0.2) is 17.1 Å². The molecule has 1 fully saturated rings. The minimum atomic E-state index is -0.151. The first-order valence-electron chi connectivity index (χ1n) is 4.28.